The zero-order chi connectivity index (χ0) is 19.0. The lowest BCUT2D eigenvalue weighted by molar-refractivity contribution is -0.138. The van der Waals surface area contributed by atoms with Crippen molar-refractivity contribution in [2.75, 3.05) is 19.8 Å². The zero-order valence-corrected chi connectivity index (χ0v) is 15.4. The van der Waals surface area contributed by atoms with Gasteiger partial charge in [-0.15, -0.1) is 0 Å². The van der Waals surface area contributed by atoms with Gasteiger partial charge in [0.05, 0.1) is 5.75 Å². The first kappa shape index (κ1) is 20.9. The van der Waals surface area contributed by atoms with Gasteiger partial charge in [0, 0.05) is 19.7 Å². The lowest BCUT2D eigenvalue weighted by atomic mass is 10.1. The fourth-order valence-corrected chi connectivity index (χ4v) is 2.81. The lowest BCUT2D eigenvalue weighted by Gasteiger charge is -2.10. The van der Waals surface area contributed by atoms with Crippen LogP contribution in [0, 0.1) is 0 Å². The van der Waals surface area contributed by atoms with Crippen LogP contribution in [-0.2, 0) is 14.8 Å². The van der Waals surface area contributed by atoms with Gasteiger partial charge in [0.2, 0.25) is 10.0 Å². The SMILES string of the molecule is C[C@@H](NC(=O)c1cccc(/C=C\CCCS(=O)(=O)N(C)C)c1)C(=O)O. The fourth-order valence-electron chi connectivity index (χ4n) is 1.91. The summed E-state index contributed by atoms with van der Waals surface area (Å²) < 4.78 is 24.5. The minimum absolute atomic E-state index is 0.0832. The standard InChI is InChI=1S/C17H24N2O5S/c1-13(17(21)22)18-16(20)15-10-7-9-14(12-15)8-5-4-6-11-25(23,24)19(2)3/h5,7-10,12-13H,4,6,11H2,1-3H3,(H,18,20)(H,21,22)/b8-5-/t13-/m1/s1. The molecule has 1 amide bonds. The summed E-state index contributed by atoms with van der Waals surface area (Å²) in [6.07, 6.45) is 4.76. The highest BCUT2D eigenvalue weighted by atomic mass is 32.2. The van der Waals surface area contributed by atoms with Crippen LogP contribution in [-0.4, -0.2) is 55.6 Å². The molecule has 0 saturated carbocycles. The molecule has 1 aromatic rings. The predicted octanol–water partition coefficient (Wildman–Crippen LogP) is 1.57. The summed E-state index contributed by atoms with van der Waals surface area (Å²) in [5.74, 6) is -1.47. The summed E-state index contributed by atoms with van der Waals surface area (Å²) in [4.78, 5) is 22.8. The number of carbonyl (C=O) groups excluding carboxylic acids is 1. The second kappa shape index (κ2) is 9.33. The largest absolute Gasteiger partial charge is 0.480 e. The van der Waals surface area contributed by atoms with E-state index in [9.17, 15) is 18.0 Å². The van der Waals surface area contributed by atoms with E-state index in [1.54, 1.807) is 24.3 Å². The number of carboxylic acid groups (broad SMARTS) is 1. The van der Waals surface area contributed by atoms with Gasteiger partial charge in [-0.25, -0.2) is 12.7 Å². The molecule has 138 valence electrons. The maximum absolute atomic E-state index is 12.0. The molecule has 0 aliphatic rings. The molecule has 1 rings (SSSR count). The van der Waals surface area contributed by atoms with Gasteiger partial charge in [-0.3, -0.25) is 9.59 Å². The molecular weight excluding hydrogens is 344 g/mol. The first-order valence-electron chi connectivity index (χ1n) is 7.84. The van der Waals surface area contributed by atoms with Crippen molar-refractivity contribution in [3.05, 3.63) is 41.5 Å². The summed E-state index contributed by atoms with van der Waals surface area (Å²) in [5.41, 5.74) is 1.15. The van der Waals surface area contributed by atoms with Crippen LogP contribution in [0.2, 0.25) is 0 Å². The van der Waals surface area contributed by atoms with Crippen molar-refractivity contribution in [1.82, 2.24) is 9.62 Å². The van der Waals surface area contributed by atoms with Gasteiger partial charge in [0.25, 0.3) is 5.91 Å². The summed E-state index contributed by atoms with van der Waals surface area (Å²) in [5, 5.41) is 11.2. The van der Waals surface area contributed by atoms with Crippen LogP contribution in [0.15, 0.2) is 30.3 Å². The van der Waals surface area contributed by atoms with Gasteiger partial charge in [-0.2, -0.15) is 0 Å². The quantitative estimate of drug-likeness (QED) is 0.644. The maximum atomic E-state index is 12.0. The fraction of sp³-hybridized carbons (Fsp3) is 0.412. The Morgan fingerprint density at radius 1 is 1.32 bits per heavy atom. The molecule has 2 N–H and O–H groups in total. The van der Waals surface area contributed by atoms with Crippen molar-refractivity contribution in [3.8, 4) is 0 Å². The number of rotatable bonds is 9. The molecule has 0 fully saturated rings. The van der Waals surface area contributed by atoms with E-state index in [4.69, 9.17) is 5.11 Å². The van der Waals surface area contributed by atoms with Gasteiger partial charge >= 0.3 is 5.97 Å². The van der Waals surface area contributed by atoms with Gasteiger partial charge < -0.3 is 10.4 Å². The van der Waals surface area contributed by atoms with E-state index in [1.807, 2.05) is 12.1 Å². The molecule has 0 aliphatic heterocycles. The summed E-state index contributed by atoms with van der Waals surface area (Å²) in [7, 11) is -0.168. The van der Waals surface area contributed by atoms with Crippen molar-refractivity contribution in [1.29, 1.82) is 0 Å². The Morgan fingerprint density at radius 2 is 2.00 bits per heavy atom. The van der Waals surface area contributed by atoms with Gasteiger partial charge in [0.1, 0.15) is 6.04 Å². The molecule has 0 aliphatic carbocycles. The van der Waals surface area contributed by atoms with E-state index in [1.165, 1.54) is 25.3 Å². The molecule has 0 spiro atoms. The van der Waals surface area contributed by atoms with Crippen molar-refractivity contribution >= 4 is 28.0 Å². The summed E-state index contributed by atoms with van der Waals surface area (Å²) >= 11 is 0. The lowest BCUT2D eigenvalue weighted by Crippen LogP contribution is -2.38. The van der Waals surface area contributed by atoms with E-state index in [0.29, 0.717) is 18.4 Å². The molecule has 7 nitrogen and oxygen atoms in total. The zero-order valence-electron chi connectivity index (χ0n) is 14.6. The van der Waals surface area contributed by atoms with E-state index in [2.05, 4.69) is 5.32 Å². The van der Waals surface area contributed by atoms with Crippen LogP contribution < -0.4 is 5.32 Å². The number of hydrogen-bond acceptors (Lipinski definition) is 4. The average molecular weight is 368 g/mol. The van der Waals surface area contributed by atoms with Gasteiger partial charge in [-0.1, -0.05) is 24.3 Å². The molecule has 8 heteroatoms. The topological polar surface area (TPSA) is 104 Å². The number of nitrogens with one attached hydrogen (secondary N) is 1. The van der Waals surface area contributed by atoms with Crippen molar-refractivity contribution in [2.24, 2.45) is 0 Å². The van der Waals surface area contributed by atoms with Crippen LogP contribution in [0.1, 0.15) is 35.7 Å². The summed E-state index contributed by atoms with van der Waals surface area (Å²) in [6.45, 7) is 1.39. The van der Waals surface area contributed by atoms with Gasteiger partial charge in [-0.05, 0) is 37.5 Å². The minimum atomic E-state index is -3.18. The van der Waals surface area contributed by atoms with Crippen LogP contribution in [0.3, 0.4) is 0 Å². The number of benzene rings is 1. The number of amides is 1. The number of carbonyl (C=O) groups is 2. The predicted molar refractivity (Wildman–Crippen MR) is 96.7 cm³/mol. The monoisotopic (exact) mass is 368 g/mol. The van der Waals surface area contributed by atoms with E-state index in [-0.39, 0.29) is 5.75 Å². The molecule has 0 unspecified atom stereocenters. The summed E-state index contributed by atoms with van der Waals surface area (Å²) in [6, 6.07) is 5.80. The Morgan fingerprint density at radius 3 is 2.60 bits per heavy atom. The first-order chi connectivity index (χ1) is 11.6. The number of allylic oxidation sites excluding steroid dienone is 1. The van der Waals surface area contributed by atoms with Crippen molar-refractivity contribution in [2.45, 2.75) is 25.8 Å². The second-order valence-corrected chi connectivity index (χ2v) is 8.10. The van der Waals surface area contributed by atoms with E-state index >= 15 is 0 Å². The Hall–Kier alpha value is -2.19. The highest BCUT2D eigenvalue weighted by Gasteiger charge is 2.15. The smallest absolute Gasteiger partial charge is 0.325 e. The molecule has 0 radical (unpaired) electrons. The average Bonchev–Trinajstić information content (AvgIpc) is 2.54. The molecule has 0 saturated heterocycles. The van der Waals surface area contributed by atoms with Crippen LogP contribution in [0.5, 0.6) is 0 Å². The van der Waals surface area contributed by atoms with Crippen LogP contribution >= 0.6 is 0 Å². The van der Waals surface area contributed by atoms with Gasteiger partial charge in [0.15, 0.2) is 0 Å². The molecule has 0 bridgehead atoms. The molecule has 0 heterocycles. The highest BCUT2D eigenvalue weighted by molar-refractivity contribution is 7.89. The number of nitrogens with zero attached hydrogens (tertiary/aromatic N) is 1. The van der Waals surface area contributed by atoms with Crippen LogP contribution in [0.25, 0.3) is 6.08 Å². The Kier molecular flexibility index (Phi) is 7.79. The molecule has 1 atom stereocenters. The Balaban J connectivity index is 2.60. The highest BCUT2D eigenvalue weighted by Crippen LogP contribution is 2.09. The van der Waals surface area contributed by atoms with E-state index < -0.39 is 27.9 Å². The molecule has 25 heavy (non-hydrogen) atoms. The number of carboxylic acids is 1. The molecule has 1 aromatic carbocycles. The number of unbranched alkanes of at least 4 members (excludes halogenated alkanes) is 1. The Labute approximate surface area is 148 Å². The number of hydrogen-bond donors (Lipinski definition) is 2. The number of aliphatic carboxylic acids is 1. The maximum Gasteiger partial charge on any atom is 0.325 e. The first-order valence-corrected chi connectivity index (χ1v) is 9.45. The van der Waals surface area contributed by atoms with Crippen molar-refractivity contribution < 1.29 is 23.1 Å². The third-order valence-corrected chi connectivity index (χ3v) is 5.42. The van der Waals surface area contributed by atoms with Crippen molar-refractivity contribution in [3.63, 3.8) is 0 Å². The van der Waals surface area contributed by atoms with Crippen LogP contribution in [0.4, 0.5) is 0 Å². The second-order valence-electron chi connectivity index (χ2n) is 5.80. The molecular formula is C17H24N2O5S. The van der Waals surface area contributed by atoms with E-state index in [0.717, 1.165) is 5.56 Å². The third-order valence-electron chi connectivity index (χ3n) is 3.51. The number of sulfonamides is 1. The third kappa shape index (κ3) is 7.06. The Bertz CT molecular complexity index is 741. The normalized spacial score (nSPS) is 13.1. The molecule has 0 aromatic heterocycles. The minimum Gasteiger partial charge on any atom is -0.480 e.